The third kappa shape index (κ3) is 5.73. The van der Waals surface area contributed by atoms with Crippen molar-refractivity contribution in [2.75, 3.05) is 6.61 Å². The van der Waals surface area contributed by atoms with Crippen molar-refractivity contribution in [2.24, 2.45) is 5.73 Å². The van der Waals surface area contributed by atoms with Gasteiger partial charge in [0, 0.05) is 18.7 Å². The molecule has 1 rings (SSSR count). The fraction of sp³-hybridized carbons (Fsp3) is 0.455. The molecular weight excluding hydrogens is 295 g/mol. The highest BCUT2D eigenvalue weighted by Gasteiger charge is 2.34. The number of hydrogen-bond donors (Lipinski definition) is 2. The zero-order valence-electron chi connectivity index (χ0n) is 10.6. The Balaban J connectivity index is 2.55. The van der Waals surface area contributed by atoms with Gasteiger partial charge in [0.2, 0.25) is 11.7 Å². The number of carboxylic acid groups (broad SMARTS) is 1. The second kappa shape index (κ2) is 6.97. The zero-order chi connectivity index (χ0) is 16.0. The second-order valence-corrected chi connectivity index (χ2v) is 4.01. The van der Waals surface area contributed by atoms with Gasteiger partial charge in [0.15, 0.2) is 5.78 Å². The van der Waals surface area contributed by atoms with Gasteiger partial charge in [-0.05, 0) is 6.42 Å². The first-order valence-corrected chi connectivity index (χ1v) is 5.73. The van der Waals surface area contributed by atoms with E-state index < -0.39 is 42.3 Å². The normalized spacial score (nSPS) is 12.8. The monoisotopic (exact) mass is 307 g/mol. The first kappa shape index (κ1) is 16.8. The molecule has 0 aliphatic heterocycles. The van der Waals surface area contributed by atoms with E-state index in [9.17, 15) is 22.8 Å². The average molecular weight is 307 g/mol. The molecule has 21 heavy (non-hydrogen) atoms. The van der Waals surface area contributed by atoms with Gasteiger partial charge in [-0.1, -0.05) is 0 Å². The van der Waals surface area contributed by atoms with Crippen LogP contribution in [0.25, 0.3) is 0 Å². The molecule has 0 bridgehead atoms. The van der Waals surface area contributed by atoms with Crippen LogP contribution in [-0.2, 0) is 15.8 Å². The molecule has 0 aliphatic carbocycles. The van der Waals surface area contributed by atoms with Gasteiger partial charge in [-0.15, -0.1) is 0 Å². The number of alkyl halides is 3. The summed E-state index contributed by atoms with van der Waals surface area (Å²) < 4.78 is 41.8. The minimum Gasteiger partial charge on any atom is -0.481 e. The summed E-state index contributed by atoms with van der Waals surface area (Å²) in [4.78, 5) is 28.0. The van der Waals surface area contributed by atoms with Gasteiger partial charge >= 0.3 is 12.1 Å². The van der Waals surface area contributed by atoms with Gasteiger partial charge in [-0.25, -0.2) is 4.98 Å². The summed E-state index contributed by atoms with van der Waals surface area (Å²) in [7, 11) is 0. The maximum atomic E-state index is 12.3. The number of ether oxygens (including phenoxy) is 1. The molecule has 0 unspecified atom stereocenters. The molecule has 0 saturated carbocycles. The number of Topliss-reactive ketones (excluding diaryl/α,β-unsaturated/α-hetero) is 1. The number of aliphatic carboxylic acids is 1. The Morgan fingerprint density at radius 2 is 2.10 bits per heavy atom. The summed E-state index contributed by atoms with van der Waals surface area (Å²) in [6.07, 6.45) is -4.25. The van der Waals surface area contributed by atoms with Crippen LogP contribution in [0.1, 0.15) is 18.7 Å². The SMILES string of the molecule is N[C@@H](CCC(=O)O)C(=O)COc1ccnc(C(F)(F)F)n1. The number of aromatic nitrogens is 2. The van der Waals surface area contributed by atoms with Crippen molar-refractivity contribution in [3.05, 3.63) is 18.1 Å². The van der Waals surface area contributed by atoms with Crippen LogP contribution >= 0.6 is 0 Å². The quantitative estimate of drug-likeness (QED) is 0.759. The second-order valence-electron chi connectivity index (χ2n) is 4.01. The molecule has 10 heteroatoms. The molecule has 1 aromatic rings. The van der Waals surface area contributed by atoms with Crippen LogP contribution in [0.15, 0.2) is 12.3 Å². The summed E-state index contributed by atoms with van der Waals surface area (Å²) in [5.74, 6) is -3.55. The number of hydrogen-bond acceptors (Lipinski definition) is 6. The third-order valence-electron chi connectivity index (χ3n) is 2.33. The average Bonchev–Trinajstić information content (AvgIpc) is 2.41. The number of nitrogens with zero attached hydrogens (tertiary/aromatic N) is 2. The van der Waals surface area contributed by atoms with E-state index in [2.05, 4.69) is 9.97 Å². The van der Waals surface area contributed by atoms with Crippen molar-refractivity contribution in [2.45, 2.75) is 25.1 Å². The van der Waals surface area contributed by atoms with Gasteiger partial charge in [-0.3, -0.25) is 9.59 Å². The van der Waals surface area contributed by atoms with Crippen molar-refractivity contribution in [3.63, 3.8) is 0 Å². The standard InChI is InChI=1S/C11H12F3N3O4/c12-11(13,14)10-16-4-3-8(17-10)21-5-7(18)6(15)1-2-9(19)20/h3-4,6H,1-2,5,15H2,(H,19,20)/t6-/m0/s1. The predicted molar refractivity (Wildman–Crippen MR) is 62.4 cm³/mol. The molecule has 7 nitrogen and oxygen atoms in total. The Labute approximate surface area is 116 Å². The lowest BCUT2D eigenvalue weighted by molar-refractivity contribution is -0.145. The highest BCUT2D eigenvalue weighted by molar-refractivity contribution is 5.85. The molecule has 3 N–H and O–H groups in total. The summed E-state index contributed by atoms with van der Waals surface area (Å²) in [5.41, 5.74) is 5.42. The Bertz CT molecular complexity index is 522. The first-order valence-electron chi connectivity index (χ1n) is 5.73. The summed E-state index contributed by atoms with van der Waals surface area (Å²) >= 11 is 0. The first-order chi connectivity index (χ1) is 9.70. The number of ketones is 1. The van der Waals surface area contributed by atoms with Crippen LogP contribution in [0, 0.1) is 0 Å². The van der Waals surface area contributed by atoms with E-state index in [-0.39, 0.29) is 12.8 Å². The lowest BCUT2D eigenvalue weighted by Crippen LogP contribution is -2.35. The highest BCUT2D eigenvalue weighted by Crippen LogP contribution is 2.26. The number of carboxylic acids is 1. The minimum absolute atomic E-state index is 0.0882. The van der Waals surface area contributed by atoms with Crippen LogP contribution < -0.4 is 10.5 Å². The molecular formula is C11H12F3N3O4. The van der Waals surface area contributed by atoms with Gasteiger partial charge in [0.1, 0.15) is 6.61 Å². The predicted octanol–water partition coefficient (Wildman–Crippen LogP) is 0.635. The number of carbonyl (C=O) groups excluding carboxylic acids is 1. The zero-order valence-corrected chi connectivity index (χ0v) is 10.6. The maximum Gasteiger partial charge on any atom is 0.451 e. The molecule has 1 atom stereocenters. The van der Waals surface area contributed by atoms with E-state index in [1.807, 2.05) is 0 Å². The fourth-order valence-electron chi connectivity index (χ4n) is 1.25. The van der Waals surface area contributed by atoms with Crippen LogP contribution in [-0.4, -0.2) is 39.5 Å². The molecule has 0 radical (unpaired) electrons. The molecule has 1 heterocycles. The fourth-order valence-corrected chi connectivity index (χ4v) is 1.25. The largest absolute Gasteiger partial charge is 0.481 e. The number of nitrogens with two attached hydrogens (primary N) is 1. The van der Waals surface area contributed by atoms with Crippen molar-refractivity contribution in [3.8, 4) is 5.88 Å². The van der Waals surface area contributed by atoms with Crippen LogP contribution in [0.4, 0.5) is 13.2 Å². The van der Waals surface area contributed by atoms with E-state index in [4.69, 9.17) is 15.6 Å². The summed E-state index contributed by atoms with van der Waals surface area (Å²) in [6, 6.07) is -0.00399. The van der Waals surface area contributed by atoms with E-state index in [0.29, 0.717) is 0 Å². The lowest BCUT2D eigenvalue weighted by atomic mass is 10.1. The van der Waals surface area contributed by atoms with Gasteiger partial charge in [0.05, 0.1) is 6.04 Å². The number of halogens is 3. The van der Waals surface area contributed by atoms with Crippen molar-refractivity contribution in [1.82, 2.24) is 9.97 Å². The van der Waals surface area contributed by atoms with E-state index in [1.165, 1.54) is 0 Å². The smallest absolute Gasteiger partial charge is 0.451 e. The van der Waals surface area contributed by atoms with Crippen molar-refractivity contribution >= 4 is 11.8 Å². The summed E-state index contributed by atoms with van der Waals surface area (Å²) in [5, 5.41) is 8.44. The van der Waals surface area contributed by atoms with E-state index in [1.54, 1.807) is 0 Å². The summed E-state index contributed by atoms with van der Waals surface area (Å²) in [6.45, 7) is -0.602. The van der Waals surface area contributed by atoms with Gasteiger partial charge in [0.25, 0.3) is 0 Å². The Morgan fingerprint density at radius 3 is 2.67 bits per heavy atom. The molecule has 1 aromatic heterocycles. The van der Waals surface area contributed by atoms with Crippen LogP contribution in [0.2, 0.25) is 0 Å². The molecule has 0 aliphatic rings. The van der Waals surface area contributed by atoms with Crippen molar-refractivity contribution < 1.29 is 32.6 Å². The lowest BCUT2D eigenvalue weighted by Gasteiger charge is -2.11. The molecule has 0 aromatic carbocycles. The topological polar surface area (TPSA) is 115 Å². The Kier molecular flexibility index (Phi) is 5.59. The maximum absolute atomic E-state index is 12.3. The molecule has 0 saturated heterocycles. The van der Waals surface area contributed by atoms with Gasteiger partial charge in [-0.2, -0.15) is 18.2 Å². The Hall–Kier alpha value is -2.23. The molecule has 0 fully saturated rings. The minimum atomic E-state index is -4.72. The third-order valence-corrected chi connectivity index (χ3v) is 2.33. The molecule has 0 spiro atoms. The number of carbonyl (C=O) groups is 2. The van der Waals surface area contributed by atoms with Crippen LogP contribution in [0.3, 0.4) is 0 Å². The van der Waals surface area contributed by atoms with E-state index in [0.717, 1.165) is 12.3 Å². The Morgan fingerprint density at radius 1 is 1.43 bits per heavy atom. The van der Waals surface area contributed by atoms with Gasteiger partial charge < -0.3 is 15.6 Å². The van der Waals surface area contributed by atoms with E-state index >= 15 is 0 Å². The molecule has 116 valence electrons. The number of rotatable bonds is 7. The van der Waals surface area contributed by atoms with Crippen molar-refractivity contribution in [1.29, 1.82) is 0 Å². The molecule has 0 amide bonds. The van der Waals surface area contributed by atoms with Crippen LogP contribution in [0.5, 0.6) is 5.88 Å². The highest BCUT2D eigenvalue weighted by atomic mass is 19.4.